The van der Waals surface area contributed by atoms with Gasteiger partial charge in [0.05, 0.1) is 14.1 Å². The highest BCUT2D eigenvalue weighted by atomic mass is 35.5. The van der Waals surface area contributed by atoms with Crippen molar-refractivity contribution in [2.45, 2.75) is 30.7 Å². The number of aliphatic hydroxyl groups excluding tert-OH is 1. The van der Waals surface area contributed by atoms with Crippen LogP contribution in [0.4, 0.5) is 0 Å². The second kappa shape index (κ2) is 6.65. The first-order valence-electron chi connectivity index (χ1n) is 4.79. The monoisotopic (exact) mass is 259 g/mol. The quantitative estimate of drug-likeness (QED) is 0.341. The summed E-state index contributed by atoms with van der Waals surface area (Å²) in [4.78, 5) is 0.420. The van der Waals surface area contributed by atoms with Crippen LogP contribution in [0, 0.1) is 0 Å². The Hall–Kier alpha value is 0.120. The molecule has 0 aliphatic carbocycles. The molecule has 0 aliphatic heterocycles. The highest BCUT2D eigenvalue weighted by Gasteiger charge is 2.30. The van der Waals surface area contributed by atoms with Gasteiger partial charge in [-0.15, -0.1) is 11.6 Å². The Morgan fingerprint density at radius 2 is 1.93 bits per heavy atom. The number of aliphatic hydroxyl groups is 1. The Kier molecular flexibility index (Phi) is 6.70. The van der Waals surface area contributed by atoms with Gasteiger partial charge in [0.15, 0.2) is 10.1 Å². The molecule has 7 heteroatoms. The summed E-state index contributed by atoms with van der Waals surface area (Å²) in [5, 5.41) is 8.30. The van der Waals surface area contributed by atoms with Crippen molar-refractivity contribution in [1.29, 1.82) is 0 Å². The normalized spacial score (nSPS) is 16.7. The van der Waals surface area contributed by atoms with E-state index < -0.39 is 21.6 Å². The molecule has 0 fully saturated rings. The number of hydrogen-bond donors (Lipinski definition) is 2. The van der Waals surface area contributed by atoms with Crippen LogP contribution in [-0.2, 0) is 10.1 Å². The van der Waals surface area contributed by atoms with Crippen LogP contribution in [0.15, 0.2) is 0 Å². The van der Waals surface area contributed by atoms with Crippen LogP contribution in [0.5, 0.6) is 0 Å². The van der Waals surface area contributed by atoms with Crippen molar-refractivity contribution in [3.05, 3.63) is 0 Å². The van der Waals surface area contributed by atoms with Gasteiger partial charge in [0.2, 0.25) is 5.37 Å². The predicted molar refractivity (Wildman–Crippen MR) is 56.9 cm³/mol. The van der Waals surface area contributed by atoms with E-state index in [1.54, 1.807) is 0 Å². The number of quaternary nitrogens is 1. The van der Waals surface area contributed by atoms with Gasteiger partial charge in [-0.1, -0.05) is 0 Å². The van der Waals surface area contributed by atoms with E-state index in [0.29, 0.717) is 23.6 Å². The summed E-state index contributed by atoms with van der Waals surface area (Å²) in [7, 11) is -1.41. The molecule has 15 heavy (non-hydrogen) atoms. The first kappa shape index (κ1) is 15.1. The Balaban J connectivity index is 4.38. The second-order valence-electron chi connectivity index (χ2n) is 3.74. The fourth-order valence-electron chi connectivity index (χ4n) is 1.47. The zero-order valence-corrected chi connectivity index (χ0v) is 10.5. The average Bonchev–Trinajstić information content (AvgIpc) is 2.00. The molecule has 2 N–H and O–H groups in total. The molecule has 0 bridgehead atoms. The number of unbranched alkanes of at least 4 members (excludes halogenated alkanes) is 1. The number of hydrogen-bond acceptors (Lipinski definition) is 4. The molecule has 0 aliphatic rings. The van der Waals surface area contributed by atoms with Crippen molar-refractivity contribution >= 4 is 21.7 Å². The van der Waals surface area contributed by atoms with Gasteiger partial charge in [0.1, 0.15) is 6.10 Å². The fraction of sp³-hybridized carbons (Fsp3) is 1.00. The van der Waals surface area contributed by atoms with E-state index >= 15 is 0 Å². The number of likely N-dealkylation sites (N-methyl/N-ethyl adjacent to an activating group) is 1. The molecule has 2 unspecified atom stereocenters. The summed E-state index contributed by atoms with van der Waals surface area (Å²) in [5.74, 6) is 0.469. The topological polar surface area (TPSA) is 81.9 Å². The van der Waals surface area contributed by atoms with Gasteiger partial charge in [0.25, 0.3) is 0 Å². The molecule has 0 aromatic heterocycles. The largest absolute Gasteiger partial charge is 0.743 e. The van der Waals surface area contributed by atoms with E-state index in [0.717, 1.165) is 0 Å². The highest BCUT2D eigenvalue weighted by Crippen LogP contribution is 2.07. The minimum Gasteiger partial charge on any atom is -0.743 e. The maximum atomic E-state index is 10.9. The van der Waals surface area contributed by atoms with E-state index in [9.17, 15) is 18.1 Å². The third-order valence-corrected chi connectivity index (χ3v) is 3.79. The molecule has 0 radical (unpaired) electrons. The predicted octanol–water partition coefficient (Wildman–Crippen LogP) is -1.23. The van der Waals surface area contributed by atoms with E-state index in [1.807, 2.05) is 0 Å². The van der Waals surface area contributed by atoms with Gasteiger partial charge in [-0.05, 0) is 19.3 Å². The van der Waals surface area contributed by atoms with Gasteiger partial charge in [-0.25, -0.2) is 8.42 Å². The molecule has 0 saturated heterocycles. The first-order valence-corrected chi connectivity index (χ1v) is 6.80. The zero-order chi connectivity index (χ0) is 12.1. The number of nitrogens with one attached hydrogen (secondary N) is 1. The van der Waals surface area contributed by atoms with Gasteiger partial charge >= 0.3 is 0 Å². The van der Waals surface area contributed by atoms with Crippen molar-refractivity contribution in [3.63, 3.8) is 0 Å². The van der Waals surface area contributed by atoms with Crippen LogP contribution in [0.1, 0.15) is 19.3 Å². The van der Waals surface area contributed by atoms with Crippen molar-refractivity contribution in [3.8, 4) is 0 Å². The molecular formula is C8H18ClNO4S. The highest BCUT2D eigenvalue weighted by molar-refractivity contribution is 7.86. The lowest BCUT2D eigenvalue weighted by Gasteiger charge is -2.28. The summed E-state index contributed by atoms with van der Waals surface area (Å²) in [5.41, 5.74) is 0. The summed E-state index contributed by atoms with van der Waals surface area (Å²) in [6.45, 7) is 0. The lowest BCUT2D eigenvalue weighted by molar-refractivity contribution is -0.874. The Bertz CT molecular complexity index is 268. The smallest absolute Gasteiger partial charge is 0.203 e. The maximum Gasteiger partial charge on any atom is 0.203 e. The summed E-state index contributed by atoms with van der Waals surface area (Å²) >= 11 is 5.45. The molecule has 92 valence electrons. The Morgan fingerprint density at radius 3 is 2.27 bits per heavy atom. The van der Waals surface area contributed by atoms with Gasteiger partial charge in [-0.3, -0.25) is 0 Å². The Morgan fingerprint density at radius 1 is 1.40 bits per heavy atom. The van der Waals surface area contributed by atoms with Crippen LogP contribution in [0.25, 0.3) is 0 Å². The molecule has 0 rings (SSSR count). The van der Waals surface area contributed by atoms with E-state index in [-0.39, 0.29) is 6.42 Å². The maximum absolute atomic E-state index is 10.9. The minimum absolute atomic E-state index is 0.282. The third-order valence-electron chi connectivity index (χ3n) is 2.11. The molecule has 0 aromatic rings. The molecule has 0 amide bonds. The van der Waals surface area contributed by atoms with Crippen molar-refractivity contribution < 1.29 is 23.0 Å². The number of alkyl halides is 1. The lowest BCUT2D eigenvalue weighted by atomic mass is 10.1. The number of halogens is 1. The van der Waals surface area contributed by atoms with Crippen LogP contribution >= 0.6 is 11.6 Å². The summed E-state index contributed by atoms with van der Waals surface area (Å²) in [6, 6.07) is 0. The summed E-state index contributed by atoms with van der Waals surface area (Å²) in [6.07, 6.45) is 0.474. The first-order chi connectivity index (χ1) is 6.80. The second-order valence-corrected chi connectivity index (χ2v) is 5.61. The van der Waals surface area contributed by atoms with Crippen molar-refractivity contribution in [2.24, 2.45) is 0 Å². The minimum atomic E-state index is -4.47. The lowest BCUT2D eigenvalue weighted by Crippen LogP contribution is -3.12. The Labute approximate surface area is 95.8 Å². The van der Waals surface area contributed by atoms with Crippen LogP contribution < -0.4 is 4.90 Å². The molecule has 0 aromatic carbocycles. The molecule has 0 saturated carbocycles. The summed E-state index contributed by atoms with van der Waals surface area (Å²) < 4.78 is 32.7. The molecule has 0 heterocycles. The molecular weight excluding hydrogens is 242 g/mol. The molecule has 2 atom stereocenters. The molecule has 5 nitrogen and oxygen atoms in total. The van der Waals surface area contributed by atoms with Gasteiger partial charge in [-0.2, -0.15) is 0 Å². The van der Waals surface area contributed by atoms with Crippen LogP contribution in [0.3, 0.4) is 0 Å². The van der Waals surface area contributed by atoms with Crippen LogP contribution in [-0.4, -0.2) is 49.5 Å². The van der Waals surface area contributed by atoms with E-state index in [4.69, 9.17) is 11.6 Å². The standard InChI is InChI=1S/C8H18ClNO4S/c1-10(2)8(15(12,13)14)7(11)5-3-4-6-9/h7-8,11H,3-6H2,1-2H3,(H,12,13,14). The SMILES string of the molecule is C[NH+](C)C(C(O)CCCCCl)S(=O)(=O)[O-]. The van der Waals surface area contributed by atoms with Gasteiger partial charge in [0, 0.05) is 5.88 Å². The van der Waals surface area contributed by atoms with Crippen LogP contribution in [0.2, 0.25) is 0 Å². The third kappa shape index (κ3) is 5.67. The zero-order valence-electron chi connectivity index (χ0n) is 8.94. The molecule has 0 spiro atoms. The van der Waals surface area contributed by atoms with Crippen molar-refractivity contribution in [2.75, 3.05) is 20.0 Å². The van der Waals surface area contributed by atoms with E-state index in [2.05, 4.69) is 0 Å². The van der Waals surface area contributed by atoms with Gasteiger partial charge < -0.3 is 14.6 Å². The van der Waals surface area contributed by atoms with E-state index in [1.165, 1.54) is 14.1 Å². The fourth-order valence-corrected chi connectivity index (χ4v) is 2.75. The van der Waals surface area contributed by atoms with Crippen molar-refractivity contribution in [1.82, 2.24) is 0 Å². The average molecular weight is 260 g/mol. The number of rotatable bonds is 7.